The molecule has 0 saturated carbocycles. The summed E-state index contributed by atoms with van der Waals surface area (Å²) in [6.45, 7) is 0. The Labute approximate surface area is 116 Å². The van der Waals surface area contributed by atoms with Crippen LogP contribution in [0.2, 0.25) is 5.02 Å². The molecular weight excluding hydrogens is 321 g/mol. The van der Waals surface area contributed by atoms with Gasteiger partial charge in [-0.2, -0.15) is 0 Å². The minimum Gasteiger partial charge on any atom is -0.478 e. The lowest BCUT2D eigenvalue weighted by molar-refractivity contribution is 0.0696. The first-order valence-electron chi connectivity index (χ1n) is 4.88. The van der Waals surface area contributed by atoms with Gasteiger partial charge in [-0.15, -0.1) is 0 Å². The molecule has 1 heterocycles. The van der Waals surface area contributed by atoms with Gasteiger partial charge >= 0.3 is 5.97 Å². The molecule has 0 amide bonds. The molecule has 4 nitrogen and oxygen atoms in total. The van der Waals surface area contributed by atoms with Crippen LogP contribution in [0.15, 0.2) is 41.0 Å². The predicted molar refractivity (Wildman–Crippen MR) is 70.4 cm³/mol. The number of hydrogen-bond acceptors (Lipinski definition) is 3. The third-order valence-corrected chi connectivity index (χ3v) is 2.89. The van der Waals surface area contributed by atoms with Gasteiger partial charge in [0.1, 0.15) is 5.75 Å². The maximum absolute atomic E-state index is 10.9. The molecule has 0 saturated heterocycles. The van der Waals surface area contributed by atoms with Crippen molar-refractivity contribution < 1.29 is 14.6 Å². The molecule has 0 unspecified atom stereocenters. The van der Waals surface area contributed by atoms with Gasteiger partial charge in [-0.25, -0.2) is 9.78 Å². The average Bonchev–Trinajstić information content (AvgIpc) is 2.34. The molecule has 0 aliphatic carbocycles. The zero-order valence-corrected chi connectivity index (χ0v) is 11.3. The topological polar surface area (TPSA) is 59.4 Å². The van der Waals surface area contributed by atoms with E-state index >= 15 is 0 Å². The van der Waals surface area contributed by atoms with E-state index in [2.05, 4.69) is 20.9 Å². The molecule has 2 rings (SSSR count). The highest BCUT2D eigenvalue weighted by molar-refractivity contribution is 9.10. The van der Waals surface area contributed by atoms with Gasteiger partial charge < -0.3 is 9.84 Å². The number of aromatic nitrogens is 1. The number of pyridine rings is 1. The summed E-state index contributed by atoms with van der Waals surface area (Å²) >= 11 is 9.01. The average molecular weight is 329 g/mol. The summed E-state index contributed by atoms with van der Waals surface area (Å²) < 4.78 is 6.26. The van der Waals surface area contributed by atoms with Crippen LogP contribution in [0.3, 0.4) is 0 Å². The van der Waals surface area contributed by atoms with Crippen LogP contribution < -0.4 is 4.74 Å². The van der Waals surface area contributed by atoms with E-state index in [0.717, 1.165) is 4.47 Å². The van der Waals surface area contributed by atoms with Crippen molar-refractivity contribution in [3.05, 3.63) is 51.6 Å². The summed E-state index contributed by atoms with van der Waals surface area (Å²) in [4.78, 5) is 14.9. The van der Waals surface area contributed by atoms with E-state index in [0.29, 0.717) is 11.6 Å². The fourth-order valence-corrected chi connectivity index (χ4v) is 1.71. The van der Waals surface area contributed by atoms with E-state index < -0.39 is 5.97 Å². The Morgan fingerprint density at radius 1 is 1.33 bits per heavy atom. The van der Waals surface area contributed by atoms with Gasteiger partial charge in [0.15, 0.2) is 0 Å². The number of benzene rings is 1. The van der Waals surface area contributed by atoms with Gasteiger partial charge in [-0.1, -0.05) is 11.6 Å². The summed E-state index contributed by atoms with van der Waals surface area (Å²) in [5.41, 5.74) is -0.00808. The Morgan fingerprint density at radius 2 is 2.11 bits per heavy atom. The molecule has 0 bridgehead atoms. The Hall–Kier alpha value is -1.59. The number of carbonyl (C=O) groups is 1. The van der Waals surface area contributed by atoms with Crippen LogP contribution >= 0.6 is 27.5 Å². The maximum atomic E-state index is 10.9. The smallest absolute Gasteiger partial charge is 0.337 e. The molecule has 0 aliphatic rings. The van der Waals surface area contributed by atoms with Crippen LogP contribution in [-0.2, 0) is 0 Å². The highest BCUT2D eigenvalue weighted by atomic mass is 79.9. The quantitative estimate of drug-likeness (QED) is 0.925. The van der Waals surface area contributed by atoms with Crippen molar-refractivity contribution in [1.82, 2.24) is 4.98 Å². The van der Waals surface area contributed by atoms with Crippen molar-refractivity contribution in [2.75, 3.05) is 0 Å². The van der Waals surface area contributed by atoms with Gasteiger partial charge in [0, 0.05) is 16.7 Å². The fourth-order valence-electron chi connectivity index (χ4n) is 1.28. The summed E-state index contributed by atoms with van der Waals surface area (Å²) in [6.07, 6.45) is 1.59. The molecule has 0 radical (unpaired) electrons. The van der Waals surface area contributed by atoms with E-state index in [1.807, 2.05) is 0 Å². The van der Waals surface area contributed by atoms with Crippen LogP contribution in [0.25, 0.3) is 0 Å². The van der Waals surface area contributed by atoms with Gasteiger partial charge in [-0.3, -0.25) is 0 Å². The Kier molecular flexibility index (Phi) is 3.84. The van der Waals surface area contributed by atoms with E-state index in [1.165, 1.54) is 12.1 Å². The second-order valence-corrected chi connectivity index (χ2v) is 4.69. The second-order valence-electron chi connectivity index (χ2n) is 3.36. The molecule has 0 fully saturated rings. The predicted octanol–water partition coefficient (Wildman–Crippen LogP) is 3.99. The lowest BCUT2D eigenvalue weighted by Gasteiger charge is -2.06. The molecule has 0 spiro atoms. The first-order chi connectivity index (χ1) is 8.56. The zero-order valence-electron chi connectivity index (χ0n) is 8.93. The molecule has 6 heteroatoms. The van der Waals surface area contributed by atoms with Crippen molar-refractivity contribution in [3.8, 4) is 11.6 Å². The number of ether oxygens (including phenoxy) is 1. The molecule has 2 aromatic rings. The summed E-state index contributed by atoms with van der Waals surface area (Å²) in [7, 11) is 0. The third-order valence-electron chi connectivity index (χ3n) is 2.09. The number of carboxylic acid groups (broad SMARTS) is 1. The molecule has 0 atom stereocenters. The molecule has 18 heavy (non-hydrogen) atoms. The minimum absolute atomic E-state index is 0.00808. The van der Waals surface area contributed by atoms with Gasteiger partial charge in [-0.05, 0) is 40.2 Å². The van der Waals surface area contributed by atoms with Crippen molar-refractivity contribution in [2.24, 2.45) is 0 Å². The van der Waals surface area contributed by atoms with E-state index in [-0.39, 0.29) is 10.6 Å². The summed E-state index contributed by atoms with van der Waals surface area (Å²) in [5.74, 6) is -0.363. The van der Waals surface area contributed by atoms with E-state index in [9.17, 15) is 4.79 Å². The second kappa shape index (κ2) is 5.37. The molecule has 92 valence electrons. The zero-order chi connectivity index (χ0) is 13.1. The fraction of sp³-hybridized carbons (Fsp3) is 0. The largest absolute Gasteiger partial charge is 0.478 e. The van der Waals surface area contributed by atoms with Crippen molar-refractivity contribution >= 4 is 33.5 Å². The molecule has 1 N–H and O–H groups in total. The van der Waals surface area contributed by atoms with Crippen molar-refractivity contribution in [2.45, 2.75) is 0 Å². The van der Waals surface area contributed by atoms with E-state index in [4.69, 9.17) is 21.4 Å². The van der Waals surface area contributed by atoms with Crippen LogP contribution in [-0.4, -0.2) is 16.1 Å². The lowest BCUT2D eigenvalue weighted by atomic mass is 10.2. The Balaban J connectivity index is 2.27. The Bertz CT molecular complexity index is 586. The first-order valence-corrected chi connectivity index (χ1v) is 6.05. The van der Waals surface area contributed by atoms with Crippen LogP contribution in [0.5, 0.6) is 11.6 Å². The molecule has 1 aromatic heterocycles. The van der Waals surface area contributed by atoms with Crippen molar-refractivity contribution in [3.63, 3.8) is 0 Å². The summed E-state index contributed by atoms with van der Waals surface area (Å²) in [5, 5.41) is 9.10. The van der Waals surface area contributed by atoms with Gasteiger partial charge in [0.05, 0.1) is 10.6 Å². The number of aromatic carboxylic acids is 1. The number of carboxylic acids is 1. The van der Waals surface area contributed by atoms with Crippen LogP contribution in [0.1, 0.15) is 10.4 Å². The highest BCUT2D eigenvalue weighted by Gasteiger charge is 2.10. The number of rotatable bonds is 3. The van der Waals surface area contributed by atoms with Crippen LogP contribution in [0, 0.1) is 0 Å². The molecular formula is C12H7BrClNO3. The third kappa shape index (κ3) is 3.00. The monoisotopic (exact) mass is 327 g/mol. The normalized spacial score (nSPS) is 10.1. The number of hydrogen-bond donors (Lipinski definition) is 1. The summed E-state index contributed by atoms with van der Waals surface area (Å²) in [6, 6.07) is 7.85. The Morgan fingerprint density at radius 3 is 2.72 bits per heavy atom. The highest BCUT2D eigenvalue weighted by Crippen LogP contribution is 2.25. The molecule has 1 aromatic carbocycles. The molecule has 0 aliphatic heterocycles. The van der Waals surface area contributed by atoms with Crippen LogP contribution in [0.4, 0.5) is 0 Å². The number of nitrogens with zero attached hydrogens (tertiary/aromatic N) is 1. The van der Waals surface area contributed by atoms with Gasteiger partial charge in [0.2, 0.25) is 5.88 Å². The first kappa shape index (κ1) is 12.9. The standard InChI is InChI=1S/C12H7BrClNO3/c13-7-1-4-11(15-6-7)18-8-2-3-10(14)9(5-8)12(16)17/h1-6H,(H,16,17). The number of halogens is 2. The SMILES string of the molecule is O=C(O)c1cc(Oc2ccc(Br)cn2)ccc1Cl. The maximum Gasteiger partial charge on any atom is 0.337 e. The lowest BCUT2D eigenvalue weighted by Crippen LogP contribution is -1.98. The van der Waals surface area contributed by atoms with E-state index in [1.54, 1.807) is 24.4 Å². The van der Waals surface area contributed by atoms with Crippen molar-refractivity contribution in [1.29, 1.82) is 0 Å². The van der Waals surface area contributed by atoms with Gasteiger partial charge in [0.25, 0.3) is 0 Å². The minimum atomic E-state index is -1.10.